The molecule has 0 radical (unpaired) electrons. The van der Waals surface area contributed by atoms with Crippen LogP contribution in [0.15, 0.2) is 41.6 Å². The summed E-state index contributed by atoms with van der Waals surface area (Å²) in [4.78, 5) is 42.8. The Morgan fingerprint density at radius 1 is 1.11 bits per heavy atom. The Bertz CT molecular complexity index is 1070. The van der Waals surface area contributed by atoms with Crippen molar-refractivity contribution in [2.45, 2.75) is 20.4 Å². The molecule has 8 nitrogen and oxygen atoms in total. The smallest absolute Gasteiger partial charge is 0.259 e. The molecule has 0 bridgehead atoms. The zero-order valence-electron chi connectivity index (χ0n) is 16.0. The minimum Gasteiger partial charge on any atom is -0.337 e. The van der Waals surface area contributed by atoms with Gasteiger partial charge < -0.3 is 14.4 Å². The molecule has 0 atom stereocenters. The molecule has 1 aliphatic rings. The van der Waals surface area contributed by atoms with Crippen molar-refractivity contribution >= 4 is 22.9 Å². The van der Waals surface area contributed by atoms with Crippen LogP contribution in [0.25, 0.3) is 11.0 Å². The number of aryl methyl sites for hydroxylation is 2. The quantitative estimate of drug-likeness (QED) is 0.686. The van der Waals surface area contributed by atoms with E-state index in [1.54, 1.807) is 41.7 Å². The van der Waals surface area contributed by atoms with E-state index in [-0.39, 0.29) is 16.9 Å². The van der Waals surface area contributed by atoms with Crippen LogP contribution in [0.2, 0.25) is 0 Å². The lowest BCUT2D eigenvalue weighted by molar-refractivity contribution is 0.0744. The van der Waals surface area contributed by atoms with Crippen LogP contribution in [0.1, 0.15) is 23.0 Å². The molecule has 144 valence electrons. The number of hydrogen-bond donors (Lipinski definition) is 0. The van der Waals surface area contributed by atoms with Crippen molar-refractivity contribution in [2.75, 3.05) is 31.1 Å². The third-order valence-corrected chi connectivity index (χ3v) is 5.03. The van der Waals surface area contributed by atoms with Gasteiger partial charge >= 0.3 is 0 Å². The molecular weight excluding hydrogens is 356 g/mol. The molecule has 1 saturated heterocycles. The van der Waals surface area contributed by atoms with Crippen LogP contribution in [0, 0.1) is 6.92 Å². The summed E-state index contributed by atoms with van der Waals surface area (Å²) in [5, 5.41) is 0.481. The largest absolute Gasteiger partial charge is 0.337 e. The van der Waals surface area contributed by atoms with Crippen LogP contribution < -0.4 is 10.3 Å². The van der Waals surface area contributed by atoms with Gasteiger partial charge in [-0.25, -0.2) is 15.0 Å². The number of carbonyl (C=O) groups is 1. The lowest BCUT2D eigenvalue weighted by Crippen LogP contribution is -2.50. The van der Waals surface area contributed by atoms with E-state index in [0.29, 0.717) is 49.7 Å². The van der Waals surface area contributed by atoms with Gasteiger partial charge in [0.15, 0.2) is 0 Å². The molecular formula is C20H22N6O2. The van der Waals surface area contributed by atoms with Gasteiger partial charge in [-0.05, 0) is 32.0 Å². The minimum absolute atomic E-state index is 0.199. The van der Waals surface area contributed by atoms with Crippen LogP contribution in [-0.2, 0) is 6.54 Å². The number of anilines is 1. The third-order valence-electron chi connectivity index (χ3n) is 5.03. The van der Waals surface area contributed by atoms with Gasteiger partial charge in [0, 0.05) is 57.0 Å². The summed E-state index contributed by atoms with van der Waals surface area (Å²) in [6.45, 7) is 6.80. The number of aromatic nitrogens is 4. The first-order valence-corrected chi connectivity index (χ1v) is 9.40. The van der Waals surface area contributed by atoms with Gasteiger partial charge in [0.1, 0.15) is 11.2 Å². The fraction of sp³-hybridized carbons (Fsp3) is 0.350. The normalized spacial score (nSPS) is 14.5. The van der Waals surface area contributed by atoms with E-state index in [4.69, 9.17) is 0 Å². The number of piperazine rings is 1. The Hall–Kier alpha value is -3.29. The van der Waals surface area contributed by atoms with E-state index < -0.39 is 0 Å². The molecule has 4 rings (SSSR count). The summed E-state index contributed by atoms with van der Waals surface area (Å²) < 4.78 is 1.87. The number of carbonyl (C=O) groups excluding carboxylic acids is 1. The van der Waals surface area contributed by atoms with Gasteiger partial charge in [-0.15, -0.1) is 0 Å². The molecule has 4 heterocycles. The molecule has 1 amide bonds. The van der Waals surface area contributed by atoms with Crippen molar-refractivity contribution in [1.29, 1.82) is 0 Å². The Balaban J connectivity index is 1.60. The number of nitrogens with zero attached hydrogens (tertiary/aromatic N) is 6. The van der Waals surface area contributed by atoms with Crippen molar-refractivity contribution in [1.82, 2.24) is 24.4 Å². The van der Waals surface area contributed by atoms with E-state index in [1.807, 2.05) is 23.3 Å². The molecule has 3 aromatic rings. The summed E-state index contributed by atoms with van der Waals surface area (Å²) in [5.74, 6) is 0.429. The SMILES string of the molecule is CCn1cc(C(=O)N2CCN(c3ncccn3)CC2)c(=O)c2ccc(C)nc21. The van der Waals surface area contributed by atoms with E-state index in [2.05, 4.69) is 15.0 Å². The average Bonchev–Trinajstić information content (AvgIpc) is 2.74. The third kappa shape index (κ3) is 3.21. The molecule has 0 spiro atoms. The molecule has 1 fully saturated rings. The van der Waals surface area contributed by atoms with Gasteiger partial charge in [-0.2, -0.15) is 0 Å². The van der Waals surface area contributed by atoms with Gasteiger partial charge in [0.25, 0.3) is 5.91 Å². The molecule has 0 unspecified atom stereocenters. The zero-order valence-corrected chi connectivity index (χ0v) is 16.0. The number of hydrogen-bond acceptors (Lipinski definition) is 6. The molecule has 3 aromatic heterocycles. The highest BCUT2D eigenvalue weighted by Gasteiger charge is 2.26. The molecule has 0 aromatic carbocycles. The van der Waals surface area contributed by atoms with Gasteiger partial charge in [0.2, 0.25) is 11.4 Å². The highest BCUT2D eigenvalue weighted by molar-refractivity contribution is 5.97. The predicted octanol–water partition coefficient (Wildman–Crippen LogP) is 1.48. The highest BCUT2D eigenvalue weighted by Crippen LogP contribution is 2.15. The number of amides is 1. The minimum atomic E-state index is -0.258. The molecule has 1 aliphatic heterocycles. The molecule has 28 heavy (non-hydrogen) atoms. The van der Waals surface area contributed by atoms with Crippen LogP contribution in [-0.4, -0.2) is 56.5 Å². The standard InChI is InChI=1S/C20H22N6O2/c1-3-24-13-16(17(27)15-6-5-14(2)23-18(15)24)19(28)25-9-11-26(12-10-25)20-21-7-4-8-22-20/h4-8,13H,3,9-12H2,1-2H3. The van der Waals surface area contributed by atoms with E-state index in [0.717, 1.165) is 5.69 Å². The first-order valence-electron chi connectivity index (χ1n) is 9.40. The van der Waals surface area contributed by atoms with Gasteiger partial charge in [0.05, 0.1) is 5.39 Å². The summed E-state index contributed by atoms with van der Waals surface area (Å²) >= 11 is 0. The van der Waals surface area contributed by atoms with Crippen molar-refractivity contribution < 1.29 is 4.79 Å². The maximum absolute atomic E-state index is 13.1. The van der Waals surface area contributed by atoms with Gasteiger partial charge in [-0.1, -0.05) is 0 Å². The van der Waals surface area contributed by atoms with Crippen molar-refractivity contribution in [2.24, 2.45) is 0 Å². The first-order chi connectivity index (χ1) is 13.6. The predicted molar refractivity (Wildman–Crippen MR) is 107 cm³/mol. The lowest BCUT2D eigenvalue weighted by atomic mass is 10.1. The second-order valence-electron chi connectivity index (χ2n) is 6.81. The topological polar surface area (TPSA) is 84.2 Å². The van der Waals surface area contributed by atoms with Gasteiger partial charge in [-0.3, -0.25) is 9.59 Å². The molecule has 0 saturated carbocycles. The zero-order chi connectivity index (χ0) is 19.7. The lowest BCUT2D eigenvalue weighted by Gasteiger charge is -2.34. The van der Waals surface area contributed by atoms with Crippen molar-refractivity contribution in [3.8, 4) is 0 Å². The van der Waals surface area contributed by atoms with Crippen LogP contribution in [0.4, 0.5) is 5.95 Å². The summed E-state index contributed by atoms with van der Waals surface area (Å²) in [5.41, 5.74) is 1.40. The van der Waals surface area contributed by atoms with Crippen molar-refractivity contribution in [3.63, 3.8) is 0 Å². The molecule has 8 heteroatoms. The Morgan fingerprint density at radius 3 is 2.50 bits per heavy atom. The van der Waals surface area contributed by atoms with E-state index in [9.17, 15) is 9.59 Å². The summed E-state index contributed by atoms with van der Waals surface area (Å²) in [6, 6.07) is 5.34. The fourth-order valence-corrected chi connectivity index (χ4v) is 3.49. The Labute approximate surface area is 162 Å². The maximum Gasteiger partial charge on any atom is 0.259 e. The summed E-state index contributed by atoms with van der Waals surface area (Å²) in [6.07, 6.45) is 5.06. The van der Waals surface area contributed by atoms with E-state index in [1.165, 1.54) is 0 Å². The van der Waals surface area contributed by atoms with E-state index >= 15 is 0 Å². The first kappa shape index (κ1) is 18.1. The second kappa shape index (κ2) is 7.38. The Morgan fingerprint density at radius 2 is 1.82 bits per heavy atom. The van der Waals surface area contributed by atoms with Crippen molar-refractivity contribution in [3.05, 3.63) is 58.3 Å². The second-order valence-corrected chi connectivity index (χ2v) is 6.81. The number of pyridine rings is 2. The van der Waals surface area contributed by atoms with Crippen LogP contribution >= 0.6 is 0 Å². The summed E-state index contributed by atoms with van der Waals surface area (Å²) in [7, 11) is 0. The number of rotatable bonds is 3. The average molecular weight is 378 g/mol. The molecule has 0 aliphatic carbocycles. The van der Waals surface area contributed by atoms with Crippen LogP contribution in [0.5, 0.6) is 0 Å². The Kier molecular flexibility index (Phi) is 4.77. The van der Waals surface area contributed by atoms with Crippen LogP contribution in [0.3, 0.4) is 0 Å². The number of fused-ring (bicyclic) bond motifs is 1. The maximum atomic E-state index is 13.1. The monoisotopic (exact) mass is 378 g/mol. The highest BCUT2D eigenvalue weighted by atomic mass is 16.2. The molecule has 0 N–H and O–H groups in total. The fourth-order valence-electron chi connectivity index (χ4n) is 3.49.